The van der Waals surface area contributed by atoms with E-state index in [1.807, 2.05) is 60.7 Å². The van der Waals surface area contributed by atoms with Crippen LogP contribution in [0.25, 0.3) is 0 Å². The van der Waals surface area contributed by atoms with Gasteiger partial charge in [-0.15, -0.1) is 0 Å². The molecule has 2 rings (SSSR count). The zero-order chi connectivity index (χ0) is 12.6. The lowest BCUT2D eigenvalue weighted by molar-refractivity contribution is 0.364. The van der Waals surface area contributed by atoms with E-state index in [0.717, 1.165) is 17.0 Å². The Morgan fingerprint density at radius 3 is 2.50 bits per heavy atom. The third-order valence-electron chi connectivity index (χ3n) is 2.52. The first-order valence-corrected chi connectivity index (χ1v) is 5.77. The number of rotatable bonds is 5. The van der Waals surface area contributed by atoms with Crippen LogP contribution in [0, 0.1) is 11.3 Å². The Bertz CT molecular complexity index is 532. The van der Waals surface area contributed by atoms with Gasteiger partial charge in [-0.25, -0.2) is 0 Å². The molecule has 0 atom stereocenters. The van der Waals surface area contributed by atoms with Crippen molar-refractivity contribution in [2.24, 2.45) is 0 Å². The average Bonchev–Trinajstić information content (AvgIpc) is 2.45. The van der Waals surface area contributed by atoms with Gasteiger partial charge in [0.05, 0.1) is 0 Å². The van der Waals surface area contributed by atoms with E-state index in [-0.39, 0.29) is 6.61 Å². The van der Waals surface area contributed by atoms with Crippen molar-refractivity contribution in [3.05, 3.63) is 60.2 Å². The Hall–Kier alpha value is -2.47. The van der Waals surface area contributed by atoms with Crippen LogP contribution < -0.4 is 10.1 Å². The molecule has 18 heavy (non-hydrogen) atoms. The van der Waals surface area contributed by atoms with Gasteiger partial charge in [0.25, 0.3) is 0 Å². The molecule has 0 aliphatic rings. The van der Waals surface area contributed by atoms with Gasteiger partial charge in [0.1, 0.15) is 11.8 Å². The zero-order valence-electron chi connectivity index (χ0n) is 9.97. The average molecular weight is 238 g/mol. The number of para-hydroxylation sites is 2. The van der Waals surface area contributed by atoms with E-state index in [2.05, 4.69) is 5.32 Å². The molecule has 3 heteroatoms. The van der Waals surface area contributed by atoms with Gasteiger partial charge in [0, 0.05) is 17.8 Å². The summed E-state index contributed by atoms with van der Waals surface area (Å²) in [7, 11) is 0. The number of nitrogens with zero attached hydrogens (tertiary/aromatic N) is 1. The van der Waals surface area contributed by atoms with Gasteiger partial charge in [-0.2, -0.15) is 5.26 Å². The first-order chi connectivity index (χ1) is 8.90. The van der Waals surface area contributed by atoms with Gasteiger partial charge in [-0.1, -0.05) is 36.4 Å². The molecule has 0 aliphatic carbocycles. The van der Waals surface area contributed by atoms with Gasteiger partial charge in [-0.05, 0) is 18.2 Å². The molecular formula is C15H14N2O. The zero-order valence-corrected chi connectivity index (χ0v) is 9.97. The number of nitrogens with one attached hydrogen (secondary N) is 1. The lowest BCUT2D eigenvalue weighted by Gasteiger charge is -2.10. The molecule has 2 aromatic rings. The van der Waals surface area contributed by atoms with Gasteiger partial charge >= 0.3 is 0 Å². The molecule has 0 amide bonds. The summed E-state index contributed by atoms with van der Waals surface area (Å²) in [5.74, 6) is 0.752. The van der Waals surface area contributed by atoms with Gasteiger partial charge in [-0.3, -0.25) is 0 Å². The molecular weight excluding hydrogens is 224 g/mol. The molecule has 0 aromatic heterocycles. The van der Waals surface area contributed by atoms with E-state index in [1.165, 1.54) is 0 Å². The fourth-order valence-corrected chi connectivity index (χ4v) is 1.65. The van der Waals surface area contributed by atoms with Crippen LogP contribution in [0.4, 0.5) is 5.69 Å². The summed E-state index contributed by atoms with van der Waals surface area (Å²) in [6.45, 7) is 0.744. The van der Waals surface area contributed by atoms with Crippen molar-refractivity contribution >= 4 is 5.69 Å². The van der Waals surface area contributed by atoms with Crippen molar-refractivity contribution in [2.45, 2.75) is 6.54 Å². The minimum Gasteiger partial charge on any atom is -0.478 e. The van der Waals surface area contributed by atoms with Crippen molar-refractivity contribution in [1.82, 2.24) is 0 Å². The van der Waals surface area contributed by atoms with Gasteiger partial charge in [0.2, 0.25) is 0 Å². The molecule has 0 saturated carbocycles. The number of nitriles is 1. The largest absolute Gasteiger partial charge is 0.478 e. The van der Waals surface area contributed by atoms with Gasteiger partial charge in [0.15, 0.2) is 6.61 Å². The van der Waals surface area contributed by atoms with Crippen molar-refractivity contribution < 1.29 is 4.74 Å². The Morgan fingerprint density at radius 2 is 1.72 bits per heavy atom. The highest BCUT2D eigenvalue weighted by atomic mass is 16.5. The van der Waals surface area contributed by atoms with E-state index in [4.69, 9.17) is 10.00 Å². The minimum atomic E-state index is 0.0718. The maximum atomic E-state index is 8.54. The van der Waals surface area contributed by atoms with Crippen molar-refractivity contribution in [3.63, 3.8) is 0 Å². The summed E-state index contributed by atoms with van der Waals surface area (Å²) in [6, 6.07) is 19.7. The Labute approximate surface area is 107 Å². The van der Waals surface area contributed by atoms with Crippen LogP contribution in [-0.2, 0) is 6.54 Å². The summed E-state index contributed by atoms with van der Waals surface area (Å²) in [4.78, 5) is 0. The molecule has 0 saturated heterocycles. The normalized spacial score (nSPS) is 9.50. The third-order valence-corrected chi connectivity index (χ3v) is 2.52. The van der Waals surface area contributed by atoms with E-state index < -0.39 is 0 Å². The second kappa shape index (κ2) is 6.31. The van der Waals surface area contributed by atoms with Crippen LogP contribution in [0.5, 0.6) is 5.75 Å². The highest BCUT2D eigenvalue weighted by Gasteiger charge is 2.02. The second-order valence-electron chi connectivity index (χ2n) is 3.77. The van der Waals surface area contributed by atoms with E-state index in [1.54, 1.807) is 0 Å². The number of ether oxygens (including phenoxy) is 1. The van der Waals surface area contributed by atoms with Crippen LogP contribution in [0.2, 0.25) is 0 Å². The van der Waals surface area contributed by atoms with Crippen LogP contribution >= 0.6 is 0 Å². The fourth-order valence-electron chi connectivity index (χ4n) is 1.65. The minimum absolute atomic E-state index is 0.0718. The molecule has 0 fully saturated rings. The molecule has 2 aromatic carbocycles. The van der Waals surface area contributed by atoms with E-state index in [9.17, 15) is 0 Å². The summed E-state index contributed by atoms with van der Waals surface area (Å²) < 4.78 is 5.37. The van der Waals surface area contributed by atoms with Crippen molar-refractivity contribution in [2.75, 3.05) is 11.9 Å². The third kappa shape index (κ3) is 3.26. The summed E-state index contributed by atoms with van der Waals surface area (Å²) >= 11 is 0. The number of benzene rings is 2. The molecule has 0 aliphatic heterocycles. The van der Waals surface area contributed by atoms with Crippen molar-refractivity contribution in [3.8, 4) is 11.8 Å². The molecule has 3 nitrogen and oxygen atoms in total. The molecule has 0 radical (unpaired) electrons. The number of hydrogen-bond donors (Lipinski definition) is 1. The lowest BCUT2D eigenvalue weighted by Crippen LogP contribution is -2.03. The van der Waals surface area contributed by atoms with Gasteiger partial charge < -0.3 is 10.1 Å². The monoisotopic (exact) mass is 238 g/mol. The predicted octanol–water partition coefficient (Wildman–Crippen LogP) is 3.20. The van der Waals surface area contributed by atoms with Crippen LogP contribution in [0.3, 0.4) is 0 Å². The van der Waals surface area contributed by atoms with E-state index >= 15 is 0 Å². The summed E-state index contributed by atoms with van der Waals surface area (Å²) in [6.07, 6.45) is 0. The summed E-state index contributed by atoms with van der Waals surface area (Å²) in [5.41, 5.74) is 2.10. The molecule has 90 valence electrons. The topological polar surface area (TPSA) is 45.0 Å². The SMILES string of the molecule is N#CCOc1ccccc1CNc1ccccc1. The highest BCUT2D eigenvalue weighted by Crippen LogP contribution is 2.19. The second-order valence-corrected chi connectivity index (χ2v) is 3.77. The van der Waals surface area contributed by atoms with Crippen LogP contribution in [-0.4, -0.2) is 6.61 Å². The Kier molecular flexibility index (Phi) is 4.21. The van der Waals surface area contributed by atoms with E-state index in [0.29, 0.717) is 6.54 Å². The molecule has 0 spiro atoms. The standard InChI is InChI=1S/C15H14N2O/c16-10-11-18-15-9-5-4-6-13(15)12-17-14-7-2-1-3-8-14/h1-9,17H,11-12H2. The Morgan fingerprint density at radius 1 is 1.00 bits per heavy atom. The van der Waals surface area contributed by atoms with Crippen LogP contribution in [0.15, 0.2) is 54.6 Å². The summed E-state index contributed by atoms with van der Waals surface area (Å²) in [5, 5.41) is 11.9. The fraction of sp³-hybridized carbons (Fsp3) is 0.133. The lowest BCUT2D eigenvalue weighted by atomic mass is 10.2. The quantitative estimate of drug-likeness (QED) is 0.870. The maximum absolute atomic E-state index is 8.54. The van der Waals surface area contributed by atoms with Crippen LogP contribution in [0.1, 0.15) is 5.56 Å². The maximum Gasteiger partial charge on any atom is 0.174 e. The molecule has 0 unspecified atom stereocenters. The smallest absolute Gasteiger partial charge is 0.174 e. The number of hydrogen-bond acceptors (Lipinski definition) is 3. The highest BCUT2D eigenvalue weighted by molar-refractivity contribution is 5.45. The molecule has 0 bridgehead atoms. The Balaban J connectivity index is 2.03. The van der Waals surface area contributed by atoms with Crippen molar-refractivity contribution in [1.29, 1.82) is 5.26 Å². The first-order valence-electron chi connectivity index (χ1n) is 5.77. The predicted molar refractivity (Wildman–Crippen MR) is 71.3 cm³/mol. The number of anilines is 1. The molecule has 1 N–H and O–H groups in total. The first kappa shape index (κ1) is 12.0. The molecule has 0 heterocycles.